The molecule has 2 aliphatic carbocycles. The van der Waals surface area contributed by atoms with E-state index in [1.807, 2.05) is 11.8 Å². The Bertz CT molecular complexity index is 804. The Morgan fingerprint density at radius 2 is 1.90 bits per heavy atom. The number of hydrogen-bond donors (Lipinski definition) is 1. The molecule has 1 aromatic rings. The van der Waals surface area contributed by atoms with Gasteiger partial charge in [-0.3, -0.25) is 4.79 Å². The van der Waals surface area contributed by atoms with Gasteiger partial charge in [0.1, 0.15) is 6.10 Å². The van der Waals surface area contributed by atoms with Gasteiger partial charge in [0.25, 0.3) is 0 Å². The van der Waals surface area contributed by atoms with Crippen molar-refractivity contribution < 1.29 is 27.8 Å². The molecular formula is C22H29F3N2O3. The Hall–Kier alpha value is -1.83. The van der Waals surface area contributed by atoms with Crippen LogP contribution in [-0.4, -0.2) is 45.7 Å². The van der Waals surface area contributed by atoms with E-state index in [0.717, 1.165) is 38.8 Å². The molecule has 3 fully saturated rings. The summed E-state index contributed by atoms with van der Waals surface area (Å²) in [6, 6.07) is 2.89. The number of halogens is 3. The molecule has 3 aliphatic rings. The maximum Gasteiger partial charge on any atom is 0.433 e. The third-order valence-electron chi connectivity index (χ3n) is 7.24. The largest absolute Gasteiger partial charge is 0.474 e. The minimum atomic E-state index is -4.49. The van der Waals surface area contributed by atoms with Gasteiger partial charge < -0.3 is 14.7 Å². The fourth-order valence-electron chi connectivity index (χ4n) is 5.17. The van der Waals surface area contributed by atoms with Gasteiger partial charge in [0.15, 0.2) is 5.69 Å². The lowest BCUT2D eigenvalue weighted by Crippen LogP contribution is -2.63. The van der Waals surface area contributed by atoms with Crippen LogP contribution in [0.4, 0.5) is 13.2 Å². The Morgan fingerprint density at radius 1 is 1.27 bits per heavy atom. The van der Waals surface area contributed by atoms with E-state index in [4.69, 9.17) is 4.74 Å². The Labute approximate surface area is 174 Å². The molecule has 0 aromatic carbocycles. The topological polar surface area (TPSA) is 62.7 Å². The second-order valence-electron chi connectivity index (χ2n) is 9.51. The molecule has 1 amide bonds. The molecule has 1 spiro atoms. The molecule has 2 heterocycles. The second-order valence-corrected chi connectivity index (χ2v) is 9.51. The summed E-state index contributed by atoms with van der Waals surface area (Å²) in [5.74, 6) is 0.121. The Morgan fingerprint density at radius 3 is 2.47 bits per heavy atom. The highest BCUT2D eigenvalue weighted by Gasteiger charge is 2.52. The minimum absolute atomic E-state index is 0.0210. The van der Waals surface area contributed by atoms with Crippen LogP contribution in [0.3, 0.4) is 0 Å². The number of aryl methyl sites for hydroxylation is 1. The van der Waals surface area contributed by atoms with E-state index < -0.39 is 17.5 Å². The van der Waals surface area contributed by atoms with E-state index in [-0.39, 0.29) is 34.8 Å². The van der Waals surface area contributed by atoms with Crippen molar-refractivity contribution in [1.29, 1.82) is 0 Å². The van der Waals surface area contributed by atoms with Gasteiger partial charge in [-0.15, -0.1) is 0 Å². The normalized spacial score (nSPS) is 28.7. The van der Waals surface area contributed by atoms with Crippen LogP contribution in [0.2, 0.25) is 0 Å². The number of alkyl halides is 3. The van der Waals surface area contributed by atoms with E-state index in [9.17, 15) is 23.1 Å². The smallest absolute Gasteiger partial charge is 0.433 e. The van der Waals surface area contributed by atoms with Gasteiger partial charge in [-0.2, -0.15) is 13.2 Å². The highest BCUT2D eigenvalue weighted by molar-refractivity contribution is 5.81. The Balaban J connectivity index is 1.26. The molecule has 0 unspecified atom stereocenters. The number of carbonyl (C=O) groups excluding carboxylic acids is 1. The summed E-state index contributed by atoms with van der Waals surface area (Å²) in [5, 5.41) is 10.1. The van der Waals surface area contributed by atoms with Crippen molar-refractivity contribution in [2.24, 2.45) is 11.3 Å². The van der Waals surface area contributed by atoms with Gasteiger partial charge in [0.2, 0.25) is 11.8 Å². The first-order valence-corrected chi connectivity index (χ1v) is 10.8. The maximum absolute atomic E-state index is 13.0. The SMILES string of the molecule is CCC1(O)CC(C(=O)N2CC3(CCC(Oc4ccc(C)c(C(F)(F)F)n4)CC3)C2)C1. The average Bonchev–Trinajstić information content (AvgIpc) is 2.64. The molecule has 1 saturated heterocycles. The van der Waals surface area contributed by atoms with E-state index >= 15 is 0 Å². The van der Waals surface area contributed by atoms with Gasteiger partial charge in [-0.25, -0.2) is 4.98 Å². The second kappa shape index (κ2) is 7.39. The number of nitrogens with zero attached hydrogens (tertiary/aromatic N) is 2. The van der Waals surface area contributed by atoms with Gasteiger partial charge >= 0.3 is 6.18 Å². The summed E-state index contributed by atoms with van der Waals surface area (Å²) in [5.41, 5.74) is -1.36. The van der Waals surface area contributed by atoms with Crippen molar-refractivity contribution in [2.75, 3.05) is 13.1 Å². The quantitative estimate of drug-likeness (QED) is 0.787. The van der Waals surface area contributed by atoms with Crippen LogP contribution in [0, 0.1) is 18.3 Å². The van der Waals surface area contributed by atoms with Crippen LogP contribution < -0.4 is 4.74 Å². The molecule has 2 saturated carbocycles. The van der Waals surface area contributed by atoms with E-state index in [0.29, 0.717) is 19.3 Å². The van der Waals surface area contributed by atoms with Crippen LogP contribution in [0.25, 0.3) is 0 Å². The summed E-state index contributed by atoms with van der Waals surface area (Å²) in [6.45, 7) is 4.80. The first-order valence-electron chi connectivity index (χ1n) is 10.8. The van der Waals surface area contributed by atoms with Crippen LogP contribution in [0.1, 0.15) is 63.1 Å². The molecule has 0 bridgehead atoms. The van der Waals surface area contributed by atoms with Gasteiger partial charge in [-0.05, 0) is 57.4 Å². The lowest BCUT2D eigenvalue weighted by molar-refractivity contribution is -0.166. The number of amides is 1. The predicted molar refractivity (Wildman–Crippen MR) is 104 cm³/mol. The van der Waals surface area contributed by atoms with Gasteiger partial charge in [0, 0.05) is 30.5 Å². The number of aliphatic hydroxyl groups is 1. The molecule has 1 aliphatic heterocycles. The lowest BCUT2D eigenvalue weighted by Gasteiger charge is -2.55. The lowest BCUT2D eigenvalue weighted by atomic mass is 9.65. The third-order valence-corrected chi connectivity index (χ3v) is 7.24. The predicted octanol–water partition coefficient (Wildman–Crippen LogP) is 4.11. The molecular weight excluding hydrogens is 397 g/mol. The number of likely N-dealkylation sites (tertiary alicyclic amines) is 1. The third kappa shape index (κ3) is 4.03. The first kappa shape index (κ1) is 21.4. The fraction of sp³-hybridized carbons (Fsp3) is 0.727. The van der Waals surface area contributed by atoms with Crippen LogP contribution >= 0.6 is 0 Å². The van der Waals surface area contributed by atoms with Crippen LogP contribution in [0.5, 0.6) is 5.88 Å². The molecule has 1 N–H and O–H groups in total. The summed E-state index contributed by atoms with van der Waals surface area (Å²) >= 11 is 0. The maximum atomic E-state index is 13.0. The number of aromatic nitrogens is 1. The van der Waals surface area contributed by atoms with Crippen molar-refractivity contribution in [1.82, 2.24) is 9.88 Å². The number of pyridine rings is 1. The minimum Gasteiger partial charge on any atom is -0.474 e. The highest BCUT2D eigenvalue weighted by atomic mass is 19.4. The van der Waals surface area contributed by atoms with Crippen LogP contribution in [-0.2, 0) is 11.0 Å². The average molecular weight is 426 g/mol. The van der Waals surface area contributed by atoms with Crippen molar-refractivity contribution in [3.63, 3.8) is 0 Å². The van der Waals surface area contributed by atoms with Crippen LogP contribution in [0.15, 0.2) is 12.1 Å². The van der Waals surface area contributed by atoms with E-state index in [2.05, 4.69) is 4.98 Å². The standard InChI is InChI=1S/C22H29F3N2O3/c1-3-21(29)10-15(11-21)19(28)27-12-20(13-27)8-6-16(7-9-20)30-17-5-4-14(2)18(26-17)22(23,24)25/h4-5,15-16,29H,3,6-13H2,1-2H3. The fourth-order valence-corrected chi connectivity index (χ4v) is 5.17. The van der Waals surface area contributed by atoms with Crippen molar-refractivity contribution in [3.8, 4) is 5.88 Å². The zero-order valence-corrected chi connectivity index (χ0v) is 17.5. The molecule has 0 radical (unpaired) electrons. The molecule has 5 nitrogen and oxygen atoms in total. The molecule has 166 valence electrons. The van der Waals surface area contributed by atoms with Crippen molar-refractivity contribution in [3.05, 3.63) is 23.4 Å². The van der Waals surface area contributed by atoms with Crippen molar-refractivity contribution in [2.45, 2.75) is 76.7 Å². The highest BCUT2D eigenvalue weighted by Crippen LogP contribution is 2.48. The Kier molecular flexibility index (Phi) is 5.27. The number of carbonyl (C=O) groups is 1. The summed E-state index contributed by atoms with van der Waals surface area (Å²) in [4.78, 5) is 18.2. The molecule has 30 heavy (non-hydrogen) atoms. The number of ether oxygens (including phenoxy) is 1. The first-order chi connectivity index (χ1) is 14.0. The van der Waals surface area contributed by atoms with Gasteiger partial charge in [0.05, 0.1) is 5.60 Å². The molecule has 4 rings (SSSR count). The summed E-state index contributed by atoms with van der Waals surface area (Å²) in [6.07, 6.45) is 0.443. The molecule has 8 heteroatoms. The summed E-state index contributed by atoms with van der Waals surface area (Å²) in [7, 11) is 0. The van der Waals surface area contributed by atoms with E-state index in [1.165, 1.54) is 19.1 Å². The van der Waals surface area contributed by atoms with Gasteiger partial charge in [-0.1, -0.05) is 13.0 Å². The molecule has 1 aromatic heterocycles. The van der Waals surface area contributed by atoms with Crippen molar-refractivity contribution >= 4 is 5.91 Å². The zero-order chi connectivity index (χ0) is 21.7. The van der Waals surface area contributed by atoms with E-state index in [1.54, 1.807) is 0 Å². The molecule has 0 atom stereocenters. The number of hydrogen-bond acceptors (Lipinski definition) is 4. The zero-order valence-electron chi connectivity index (χ0n) is 17.5. The summed E-state index contributed by atoms with van der Waals surface area (Å²) < 4.78 is 44.9. The number of rotatable bonds is 4. The monoisotopic (exact) mass is 426 g/mol.